The molecule has 0 saturated heterocycles. The summed E-state index contributed by atoms with van der Waals surface area (Å²) >= 11 is 2.92. The van der Waals surface area contributed by atoms with Gasteiger partial charge in [0.1, 0.15) is 11.6 Å². The van der Waals surface area contributed by atoms with Crippen molar-refractivity contribution in [3.8, 4) is 0 Å². The molecule has 0 amide bonds. The zero-order chi connectivity index (χ0) is 12.3. The van der Waals surface area contributed by atoms with Gasteiger partial charge >= 0.3 is 5.97 Å². The lowest BCUT2D eigenvalue weighted by Crippen LogP contribution is -2.16. The van der Waals surface area contributed by atoms with Crippen LogP contribution < -0.4 is 5.73 Å². The maximum absolute atomic E-state index is 13.5. The number of rotatable bonds is 4. The van der Waals surface area contributed by atoms with Gasteiger partial charge in [0.15, 0.2) is 0 Å². The fourth-order valence-corrected chi connectivity index (χ4v) is 1.65. The Morgan fingerprint density at radius 3 is 2.69 bits per heavy atom. The molecule has 0 aliphatic heterocycles. The number of carboxylic acid groups (broad SMARTS) is 1. The van der Waals surface area contributed by atoms with Gasteiger partial charge in [0.25, 0.3) is 0 Å². The van der Waals surface area contributed by atoms with Gasteiger partial charge in [-0.1, -0.05) is 0 Å². The first-order valence-electron chi connectivity index (χ1n) is 4.54. The summed E-state index contributed by atoms with van der Waals surface area (Å²) in [5, 5.41) is 8.45. The minimum Gasteiger partial charge on any atom is -0.481 e. The number of nitrogens with two attached hydrogens (primary N) is 1. The molecule has 1 aromatic carbocycles. The molecule has 3 nitrogen and oxygen atoms in total. The van der Waals surface area contributed by atoms with Crippen LogP contribution in [-0.2, 0) is 4.79 Å². The molecule has 16 heavy (non-hydrogen) atoms. The first-order chi connectivity index (χ1) is 7.43. The predicted molar refractivity (Wildman–Crippen MR) is 57.9 cm³/mol. The standard InChI is InChI=1S/C10H10BrF2NO2/c11-5-1-2-6(12)9(10(5)13)7(14)3-4-8(15)16/h1-2,7H,3-4,14H2,(H,15,16). The molecule has 88 valence electrons. The number of carboxylic acids is 1. The van der Waals surface area contributed by atoms with E-state index in [9.17, 15) is 13.6 Å². The summed E-state index contributed by atoms with van der Waals surface area (Å²) in [4.78, 5) is 10.3. The van der Waals surface area contributed by atoms with Gasteiger partial charge < -0.3 is 10.8 Å². The van der Waals surface area contributed by atoms with Crippen LogP contribution in [0.2, 0.25) is 0 Å². The molecule has 0 bridgehead atoms. The predicted octanol–water partition coefficient (Wildman–Crippen LogP) is 2.59. The highest BCUT2D eigenvalue weighted by Gasteiger charge is 2.19. The molecular weight excluding hydrogens is 284 g/mol. The highest BCUT2D eigenvalue weighted by Crippen LogP contribution is 2.27. The van der Waals surface area contributed by atoms with Crippen LogP contribution in [0.4, 0.5) is 8.78 Å². The zero-order valence-electron chi connectivity index (χ0n) is 8.21. The van der Waals surface area contributed by atoms with E-state index in [1.165, 1.54) is 6.07 Å². The van der Waals surface area contributed by atoms with Gasteiger partial charge in [0.2, 0.25) is 0 Å². The summed E-state index contributed by atoms with van der Waals surface area (Å²) in [5.74, 6) is -2.59. The van der Waals surface area contributed by atoms with E-state index in [4.69, 9.17) is 10.8 Å². The van der Waals surface area contributed by atoms with Crippen LogP contribution in [0.5, 0.6) is 0 Å². The van der Waals surface area contributed by atoms with Crippen molar-refractivity contribution < 1.29 is 18.7 Å². The number of aliphatic carboxylic acids is 1. The van der Waals surface area contributed by atoms with Crippen LogP contribution in [0, 0.1) is 11.6 Å². The Labute approximate surface area is 99.4 Å². The molecule has 1 unspecified atom stereocenters. The second-order valence-corrected chi connectivity index (χ2v) is 4.15. The van der Waals surface area contributed by atoms with Crippen LogP contribution >= 0.6 is 15.9 Å². The Balaban J connectivity index is 2.94. The number of halogens is 3. The van der Waals surface area contributed by atoms with Gasteiger partial charge in [0, 0.05) is 18.0 Å². The fourth-order valence-electron chi connectivity index (χ4n) is 1.31. The Kier molecular flexibility index (Phi) is 4.37. The van der Waals surface area contributed by atoms with Gasteiger partial charge in [-0.05, 0) is 34.5 Å². The first-order valence-corrected chi connectivity index (χ1v) is 5.33. The van der Waals surface area contributed by atoms with Crippen LogP contribution in [0.25, 0.3) is 0 Å². The summed E-state index contributed by atoms with van der Waals surface area (Å²) < 4.78 is 26.9. The Morgan fingerprint density at radius 2 is 2.12 bits per heavy atom. The SMILES string of the molecule is NC(CCC(=O)O)c1c(F)ccc(Br)c1F. The molecule has 0 aliphatic rings. The fraction of sp³-hybridized carbons (Fsp3) is 0.300. The van der Waals surface area contributed by atoms with E-state index in [1.807, 2.05) is 0 Å². The lowest BCUT2D eigenvalue weighted by molar-refractivity contribution is -0.137. The Bertz CT molecular complexity index is 412. The van der Waals surface area contributed by atoms with Gasteiger partial charge in [-0.15, -0.1) is 0 Å². The minimum absolute atomic E-state index is 0.0143. The van der Waals surface area contributed by atoms with Crippen LogP contribution in [0.1, 0.15) is 24.4 Å². The van der Waals surface area contributed by atoms with Crippen LogP contribution in [-0.4, -0.2) is 11.1 Å². The molecule has 1 rings (SSSR count). The van der Waals surface area contributed by atoms with Crippen molar-refractivity contribution in [3.05, 3.63) is 33.8 Å². The van der Waals surface area contributed by atoms with Crippen molar-refractivity contribution in [2.45, 2.75) is 18.9 Å². The second-order valence-electron chi connectivity index (χ2n) is 3.30. The third-order valence-electron chi connectivity index (χ3n) is 2.12. The summed E-state index contributed by atoms with van der Waals surface area (Å²) in [6.07, 6.45) is -0.244. The minimum atomic E-state index is -1.05. The van der Waals surface area contributed by atoms with Crippen molar-refractivity contribution in [2.75, 3.05) is 0 Å². The van der Waals surface area contributed by atoms with Gasteiger partial charge in [-0.25, -0.2) is 8.78 Å². The first kappa shape index (κ1) is 13.1. The normalized spacial score (nSPS) is 12.5. The van der Waals surface area contributed by atoms with Crippen molar-refractivity contribution >= 4 is 21.9 Å². The average Bonchev–Trinajstić information content (AvgIpc) is 2.21. The van der Waals surface area contributed by atoms with E-state index in [-0.39, 0.29) is 22.9 Å². The quantitative estimate of drug-likeness (QED) is 0.839. The second kappa shape index (κ2) is 5.36. The van der Waals surface area contributed by atoms with Crippen molar-refractivity contribution in [3.63, 3.8) is 0 Å². The molecule has 0 spiro atoms. The van der Waals surface area contributed by atoms with Crippen LogP contribution in [0.3, 0.4) is 0 Å². The highest BCUT2D eigenvalue weighted by molar-refractivity contribution is 9.10. The molecule has 6 heteroatoms. The Morgan fingerprint density at radius 1 is 1.50 bits per heavy atom. The van der Waals surface area contributed by atoms with Crippen LogP contribution in [0.15, 0.2) is 16.6 Å². The summed E-state index contributed by atoms with van der Waals surface area (Å²) in [7, 11) is 0. The molecule has 1 aromatic rings. The number of benzene rings is 1. The third kappa shape index (κ3) is 2.99. The molecule has 0 radical (unpaired) electrons. The summed E-state index contributed by atoms with van der Waals surface area (Å²) in [6.45, 7) is 0. The molecule has 1 atom stereocenters. The topological polar surface area (TPSA) is 63.3 Å². The van der Waals surface area contributed by atoms with Gasteiger partial charge in [-0.3, -0.25) is 4.79 Å². The molecule has 0 fully saturated rings. The summed E-state index contributed by atoms with van der Waals surface area (Å²) in [5.41, 5.74) is 5.27. The average molecular weight is 294 g/mol. The van der Waals surface area contributed by atoms with E-state index in [1.54, 1.807) is 0 Å². The smallest absolute Gasteiger partial charge is 0.303 e. The van der Waals surface area contributed by atoms with Crippen molar-refractivity contribution in [1.29, 1.82) is 0 Å². The summed E-state index contributed by atoms with van der Waals surface area (Å²) in [6, 6.07) is 1.36. The number of hydrogen-bond donors (Lipinski definition) is 2. The van der Waals surface area contributed by atoms with Crippen molar-refractivity contribution in [2.24, 2.45) is 5.73 Å². The van der Waals surface area contributed by atoms with E-state index >= 15 is 0 Å². The maximum Gasteiger partial charge on any atom is 0.303 e. The van der Waals surface area contributed by atoms with E-state index < -0.39 is 23.6 Å². The molecular formula is C10H10BrF2NO2. The largest absolute Gasteiger partial charge is 0.481 e. The van der Waals surface area contributed by atoms with E-state index in [2.05, 4.69) is 15.9 Å². The number of hydrogen-bond acceptors (Lipinski definition) is 2. The van der Waals surface area contributed by atoms with Gasteiger partial charge in [-0.2, -0.15) is 0 Å². The molecule has 3 N–H and O–H groups in total. The zero-order valence-corrected chi connectivity index (χ0v) is 9.80. The van der Waals surface area contributed by atoms with Gasteiger partial charge in [0.05, 0.1) is 4.47 Å². The van der Waals surface area contributed by atoms with E-state index in [0.29, 0.717) is 0 Å². The molecule has 0 aliphatic carbocycles. The third-order valence-corrected chi connectivity index (χ3v) is 2.73. The highest BCUT2D eigenvalue weighted by atomic mass is 79.9. The monoisotopic (exact) mass is 293 g/mol. The Hall–Kier alpha value is -1.01. The number of carbonyl (C=O) groups is 1. The molecule has 0 heterocycles. The van der Waals surface area contributed by atoms with E-state index in [0.717, 1.165) is 6.07 Å². The van der Waals surface area contributed by atoms with Crippen molar-refractivity contribution in [1.82, 2.24) is 0 Å². The lowest BCUT2D eigenvalue weighted by atomic mass is 10.0. The lowest BCUT2D eigenvalue weighted by Gasteiger charge is -2.13. The molecule has 0 saturated carbocycles. The maximum atomic E-state index is 13.5. The molecule has 0 aromatic heterocycles.